The number of rotatable bonds is 2. The molecule has 0 radical (unpaired) electrons. The zero-order valence-corrected chi connectivity index (χ0v) is 18.1. The van der Waals surface area contributed by atoms with Crippen molar-refractivity contribution in [2.45, 2.75) is 0 Å². The summed E-state index contributed by atoms with van der Waals surface area (Å²) in [4.78, 5) is 27.7. The number of pyridine rings is 1. The Hall–Kier alpha value is -4.55. The minimum absolute atomic E-state index is 0.0215. The van der Waals surface area contributed by atoms with Crippen LogP contribution in [0.1, 0.15) is 21.6 Å². The van der Waals surface area contributed by atoms with Crippen molar-refractivity contribution in [2.75, 3.05) is 26.3 Å². The van der Waals surface area contributed by atoms with E-state index in [1.807, 2.05) is 45.8 Å². The highest BCUT2D eigenvalue weighted by Crippen LogP contribution is 2.20. The summed E-state index contributed by atoms with van der Waals surface area (Å²) in [5, 5.41) is 7.76. The highest BCUT2D eigenvalue weighted by Gasteiger charge is 2.18. The van der Waals surface area contributed by atoms with Crippen molar-refractivity contribution in [3.63, 3.8) is 0 Å². The van der Waals surface area contributed by atoms with E-state index in [4.69, 9.17) is 4.74 Å². The normalized spacial score (nSPS) is 13.7. The molecule has 5 heterocycles. The van der Waals surface area contributed by atoms with E-state index in [1.165, 1.54) is 0 Å². The van der Waals surface area contributed by atoms with Crippen LogP contribution in [0.3, 0.4) is 0 Å². The predicted molar refractivity (Wildman–Crippen MR) is 125 cm³/mol. The SMILES string of the molecule is O=C(c1ccc(-c2cn3c(C#Cc4ccnc5[nH]ncc45)cnc3cn2)cc1)N1CCOCC1. The molecule has 4 aromatic heterocycles. The first kappa shape index (κ1) is 20.1. The van der Waals surface area contributed by atoms with Gasteiger partial charge in [0.15, 0.2) is 11.3 Å². The van der Waals surface area contributed by atoms with Gasteiger partial charge in [0.2, 0.25) is 0 Å². The molecule has 1 aliphatic rings. The second-order valence-electron chi connectivity index (χ2n) is 7.87. The number of nitrogens with one attached hydrogen (secondary N) is 1. The number of carbonyl (C=O) groups is 1. The lowest BCUT2D eigenvalue weighted by molar-refractivity contribution is 0.0303. The number of hydrogen-bond donors (Lipinski definition) is 1. The molecule has 34 heavy (non-hydrogen) atoms. The number of fused-ring (bicyclic) bond motifs is 2. The first-order valence-electron chi connectivity index (χ1n) is 10.9. The van der Waals surface area contributed by atoms with Crippen molar-refractivity contribution in [2.24, 2.45) is 0 Å². The van der Waals surface area contributed by atoms with Gasteiger partial charge in [0.05, 0.1) is 42.9 Å². The molecule has 166 valence electrons. The molecular weight excluding hydrogens is 430 g/mol. The summed E-state index contributed by atoms with van der Waals surface area (Å²) in [6.45, 7) is 2.40. The number of morpholine rings is 1. The lowest BCUT2D eigenvalue weighted by Crippen LogP contribution is -2.40. The maximum Gasteiger partial charge on any atom is 0.254 e. The zero-order chi connectivity index (χ0) is 22.9. The molecule has 0 aliphatic carbocycles. The maximum atomic E-state index is 12.7. The molecule has 1 saturated heterocycles. The van der Waals surface area contributed by atoms with Crippen molar-refractivity contribution in [1.82, 2.24) is 34.4 Å². The Morgan fingerprint density at radius 1 is 0.971 bits per heavy atom. The number of benzene rings is 1. The van der Waals surface area contributed by atoms with Crippen LogP contribution < -0.4 is 0 Å². The maximum absolute atomic E-state index is 12.7. The molecule has 5 aromatic rings. The van der Waals surface area contributed by atoms with Gasteiger partial charge < -0.3 is 9.64 Å². The number of aromatic nitrogens is 6. The predicted octanol–water partition coefficient (Wildman–Crippen LogP) is 2.54. The highest BCUT2D eigenvalue weighted by molar-refractivity contribution is 5.94. The zero-order valence-electron chi connectivity index (χ0n) is 18.1. The van der Waals surface area contributed by atoms with Gasteiger partial charge in [-0.15, -0.1) is 0 Å². The number of nitrogens with zero attached hydrogens (tertiary/aromatic N) is 6. The van der Waals surface area contributed by atoms with Crippen LogP contribution in [0, 0.1) is 11.8 Å². The average molecular weight is 449 g/mol. The molecule has 1 aliphatic heterocycles. The van der Waals surface area contributed by atoms with Crippen LogP contribution in [0.15, 0.2) is 61.3 Å². The van der Waals surface area contributed by atoms with E-state index in [9.17, 15) is 4.79 Å². The van der Waals surface area contributed by atoms with E-state index >= 15 is 0 Å². The number of H-pyrrole nitrogens is 1. The lowest BCUT2D eigenvalue weighted by atomic mass is 10.1. The molecule has 1 N–H and O–H groups in total. The van der Waals surface area contributed by atoms with Crippen LogP contribution in [0.5, 0.6) is 0 Å². The Bertz CT molecular complexity index is 1570. The van der Waals surface area contributed by atoms with Crippen LogP contribution >= 0.6 is 0 Å². The van der Waals surface area contributed by atoms with Crippen molar-refractivity contribution in [3.8, 4) is 23.1 Å². The Morgan fingerprint density at radius 2 is 1.82 bits per heavy atom. The number of hydrogen-bond acceptors (Lipinski definition) is 6. The average Bonchev–Trinajstić information content (AvgIpc) is 3.55. The molecule has 9 heteroatoms. The van der Waals surface area contributed by atoms with Gasteiger partial charge in [-0.2, -0.15) is 5.10 Å². The van der Waals surface area contributed by atoms with Gasteiger partial charge in [0.25, 0.3) is 5.91 Å². The highest BCUT2D eigenvalue weighted by atomic mass is 16.5. The van der Waals surface area contributed by atoms with Gasteiger partial charge in [-0.05, 0) is 24.1 Å². The van der Waals surface area contributed by atoms with Gasteiger partial charge in [0.1, 0.15) is 5.69 Å². The van der Waals surface area contributed by atoms with Gasteiger partial charge in [-0.25, -0.2) is 9.97 Å². The summed E-state index contributed by atoms with van der Waals surface area (Å²) < 4.78 is 7.24. The van der Waals surface area contributed by atoms with E-state index in [0.717, 1.165) is 27.9 Å². The molecular formula is C25H19N7O2. The molecule has 6 rings (SSSR count). The summed E-state index contributed by atoms with van der Waals surface area (Å²) in [7, 11) is 0. The molecule has 0 unspecified atom stereocenters. The van der Waals surface area contributed by atoms with E-state index < -0.39 is 0 Å². The number of carbonyl (C=O) groups excluding carboxylic acids is 1. The number of ether oxygens (including phenoxy) is 1. The second-order valence-corrected chi connectivity index (χ2v) is 7.87. The lowest BCUT2D eigenvalue weighted by Gasteiger charge is -2.26. The number of aromatic amines is 1. The molecule has 0 bridgehead atoms. The Kier molecular flexibility index (Phi) is 4.98. The first-order chi connectivity index (χ1) is 16.8. The van der Waals surface area contributed by atoms with Gasteiger partial charge in [-0.1, -0.05) is 18.1 Å². The minimum Gasteiger partial charge on any atom is -0.378 e. The summed E-state index contributed by atoms with van der Waals surface area (Å²) in [6.07, 6.45) is 8.77. The minimum atomic E-state index is 0.0215. The van der Waals surface area contributed by atoms with Crippen LogP contribution in [-0.2, 0) is 4.74 Å². The van der Waals surface area contributed by atoms with Crippen LogP contribution in [0.25, 0.3) is 27.9 Å². The van der Waals surface area contributed by atoms with E-state index in [0.29, 0.717) is 43.2 Å². The smallest absolute Gasteiger partial charge is 0.254 e. The molecule has 0 atom stereocenters. The van der Waals surface area contributed by atoms with Gasteiger partial charge >= 0.3 is 0 Å². The molecule has 9 nitrogen and oxygen atoms in total. The number of imidazole rings is 1. The third-order valence-electron chi connectivity index (χ3n) is 5.80. The molecule has 1 amide bonds. The van der Waals surface area contributed by atoms with E-state index in [1.54, 1.807) is 24.8 Å². The number of amides is 1. The third-order valence-corrected chi connectivity index (χ3v) is 5.80. The fourth-order valence-electron chi connectivity index (χ4n) is 3.95. The molecule has 1 fully saturated rings. The van der Waals surface area contributed by atoms with Crippen molar-refractivity contribution in [3.05, 3.63) is 78.1 Å². The summed E-state index contributed by atoms with van der Waals surface area (Å²) in [6, 6.07) is 9.37. The van der Waals surface area contributed by atoms with Crippen LogP contribution in [0.4, 0.5) is 0 Å². The van der Waals surface area contributed by atoms with Gasteiger partial charge in [0, 0.05) is 42.2 Å². The fraction of sp³-hybridized carbons (Fsp3) is 0.160. The Balaban J connectivity index is 1.29. The topological polar surface area (TPSA) is 101 Å². The summed E-state index contributed by atoms with van der Waals surface area (Å²) in [5.41, 5.74) is 5.31. The monoisotopic (exact) mass is 449 g/mol. The third kappa shape index (κ3) is 3.66. The van der Waals surface area contributed by atoms with Crippen molar-refractivity contribution >= 4 is 22.6 Å². The van der Waals surface area contributed by atoms with E-state index in [-0.39, 0.29) is 5.91 Å². The molecule has 0 spiro atoms. The molecule has 1 aromatic carbocycles. The first-order valence-corrected chi connectivity index (χ1v) is 10.9. The van der Waals surface area contributed by atoms with Crippen LogP contribution in [0.2, 0.25) is 0 Å². The van der Waals surface area contributed by atoms with Crippen LogP contribution in [-0.4, -0.2) is 66.7 Å². The molecule has 0 saturated carbocycles. The van der Waals surface area contributed by atoms with Gasteiger partial charge in [-0.3, -0.25) is 19.3 Å². The second kappa shape index (κ2) is 8.42. The fourth-order valence-corrected chi connectivity index (χ4v) is 3.95. The Labute approximate surface area is 194 Å². The standard InChI is InChI=1S/C25H19N7O2/c33-25(31-9-11-34-12-10-31)19-3-1-18(2-4-19)22-16-32-20(13-28-23(32)15-27-22)6-5-17-7-8-26-24-21(17)14-29-30-24/h1-4,7-8,13-16H,9-12H2,(H,26,29,30). The quantitative estimate of drug-likeness (QED) is 0.416. The Morgan fingerprint density at radius 3 is 2.68 bits per heavy atom. The summed E-state index contributed by atoms with van der Waals surface area (Å²) in [5.74, 6) is 6.42. The van der Waals surface area contributed by atoms with E-state index in [2.05, 4.69) is 37.0 Å². The van der Waals surface area contributed by atoms with Crippen molar-refractivity contribution in [1.29, 1.82) is 0 Å². The van der Waals surface area contributed by atoms with Crippen molar-refractivity contribution < 1.29 is 9.53 Å². The largest absolute Gasteiger partial charge is 0.378 e. The summed E-state index contributed by atoms with van der Waals surface area (Å²) >= 11 is 0.